The molecule has 1 aromatic rings. The zero-order valence-corrected chi connectivity index (χ0v) is 12.4. The molecule has 2 atom stereocenters. The van der Waals surface area contributed by atoms with Crippen molar-refractivity contribution < 1.29 is 4.79 Å². The minimum absolute atomic E-state index is 0.00659. The van der Waals surface area contributed by atoms with Crippen LogP contribution in [0.1, 0.15) is 37.4 Å². The Hall–Kier alpha value is 0.01000. The first-order chi connectivity index (χ1) is 7.41. The van der Waals surface area contributed by atoms with Crippen LogP contribution in [0.3, 0.4) is 0 Å². The molecule has 90 valence electrons. The Kier molecular flexibility index (Phi) is 5.35. The molecule has 1 heterocycles. The minimum Gasteiger partial charge on any atom is -0.292 e. The molecule has 4 heteroatoms. The zero-order chi connectivity index (χ0) is 12.3. The summed E-state index contributed by atoms with van der Waals surface area (Å²) in [7, 11) is 0. The Morgan fingerprint density at radius 1 is 1.31 bits per heavy atom. The van der Waals surface area contributed by atoms with Gasteiger partial charge in [-0.2, -0.15) is 0 Å². The molecule has 0 aliphatic heterocycles. The van der Waals surface area contributed by atoms with Crippen LogP contribution in [0.25, 0.3) is 0 Å². The van der Waals surface area contributed by atoms with Crippen LogP contribution in [0, 0.1) is 5.92 Å². The van der Waals surface area contributed by atoms with Crippen molar-refractivity contribution in [2.75, 3.05) is 0 Å². The van der Waals surface area contributed by atoms with Crippen molar-refractivity contribution in [1.29, 1.82) is 0 Å². The van der Waals surface area contributed by atoms with Gasteiger partial charge in [0.05, 0.1) is 14.5 Å². The summed E-state index contributed by atoms with van der Waals surface area (Å²) in [6, 6.07) is 3.59. The van der Waals surface area contributed by atoms with Crippen LogP contribution in [0.4, 0.5) is 0 Å². The quantitative estimate of drug-likeness (QED) is 0.722. The van der Waals surface area contributed by atoms with Crippen molar-refractivity contribution in [2.45, 2.75) is 38.2 Å². The van der Waals surface area contributed by atoms with Crippen LogP contribution in [0.15, 0.2) is 12.1 Å². The van der Waals surface area contributed by atoms with E-state index in [2.05, 4.69) is 20.8 Å². The Bertz CT molecular complexity index is 360. The number of Topliss-reactive ketones (excluding diaryl/α,β-unsaturated/α-hetero) is 1. The van der Waals surface area contributed by atoms with E-state index in [-0.39, 0.29) is 11.0 Å². The fourth-order valence-electron chi connectivity index (χ4n) is 1.19. The van der Waals surface area contributed by atoms with E-state index >= 15 is 0 Å². The van der Waals surface area contributed by atoms with Gasteiger partial charge in [-0.15, -0.1) is 23.1 Å². The molecule has 0 aromatic carbocycles. The van der Waals surface area contributed by atoms with Crippen molar-refractivity contribution in [1.82, 2.24) is 0 Å². The average molecular weight is 277 g/mol. The van der Waals surface area contributed by atoms with Gasteiger partial charge in [0.1, 0.15) is 0 Å². The highest BCUT2D eigenvalue weighted by Crippen LogP contribution is 2.29. The number of carbonyl (C=O) groups excluding carboxylic acids is 1. The van der Waals surface area contributed by atoms with Gasteiger partial charge < -0.3 is 0 Å². The third-order valence-electron chi connectivity index (χ3n) is 2.54. The van der Waals surface area contributed by atoms with Crippen LogP contribution in [-0.4, -0.2) is 16.3 Å². The minimum atomic E-state index is 0.00659. The second-order valence-electron chi connectivity index (χ2n) is 4.20. The lowest BCUT2D eigenvalue weighted by Crippen LogP contribution is -2.18. The van der Waals surface area contributed by atoms with Gasteiger partial charge in [0.25, 0.3) is 0 Å². The monoisotopic (exact) mass is 276 g/mol. The summed E-state index contributed by atoms with van der Waals surface area (Å²) in [5.41, 5.74) is 0. The van der Waals surface area contributed by atoms with Gasteiger partial charge in [-0.3, -0.25) is 4.79 Å². The maximum Gasteiger partial charge on any atom is 0.185 e. The molecule has 0 bridgehead atoms. The van der Waals surface area contributed by atoms with Crippen LogP contribution in [-0.2, 0) is 0 Å². The molecule has 2 unspecified atom stereocenters. The number of ketones is 1. The normalized spacial score (nSPS) is 15.1. The van der Waals surface area contributed by atoms with E-state index in [0.717, 1.165) is 4.88 Å². The van der Waals surface area contributed by atoms with Gasteiger partial charge in [0, 0.05) is 5.25 Å². The number of halogens is 1. The molecule has 0 N–H and O–H groups in total. The number of rotatable bonds is 5. The van der Waals surface area contributed by atoms with Gasteiger partial charge in [0.2, 0.25) is 0 Å². The molecule has 0 fully saturated rings. The molecule has 0 aliphatic rings. The molecule has 1 nitrogen and oxygen atoms in total. The highest BCUT2D eigenvalue weighted by atomic mass is 35.5. The lowest BCUT2D eigenvalue weighted by molar-refractivity contribution is 0.0997. The molecule has 0 amide bonds. The van der Waals surface area contributed by atoms with Crippen molar-refractivity contribution in [3.05, 3.63) is 21.3 Å². The average Bonchev–Trinajstić information content (AvgIpc) is 2.63. The van der Waals surface area contributed by atoms with E-state index in [1.54, 1.807) is 17.8 Å². The first-order valence-electron chi connectivity index (χ1n) is 5.36. The van der Waals surface area contributed by atoms with Crippen molar-refractivity contribution in [3.63, 3.8) is 0 Å². The summed E-state index contributed by atoms with van der Waals surface area (Å²) in [6.07, 6.45) is 0. The SMILES string of the molecule is CC(SC(C)C(C)C)C(=O)c1ccc(Cl)s1. The molecule has 1 aromatic heterocycles. The summed E-state index contributed by atoms with van der Waals surface area (Å²) >= 11 is 8.92. The van der Waals surface area contributed by atoms with Gasteiger partial charge in [-0.25, -0.2) is 0 Å². The topological polar surface area (TPSA) is 17.1 Å². The summed E-state index contributed by atoms with van der Waals surface area (Å²) in [6.45, 7) is 8.49. The van der Waals surface area contributed by atoms with Crippen LogP contribution in [0.5, 0.6) is 0 Å². The van der Waals surface area contributed by atoms with Crippen molar-refractivity contribution >= 4 is 40.5 Å². The Morgan fingerprint density at radius 3 is 2.38 bits per heavy atom. The standard InChI is InChI=1S/C12H17ClOS2/c1-7(2)8(3)15-9(4)12(14)10-5-6-11(13)16-10/h5-9H,1-4H3. The largest absolute Gasteiger partial charge is 0.292 e. The first kappa shape index (κ1) is 14.1. The number of thiophene rings is 1. The number of hydrogen-bond donors (Lipinski definition) is 0. The fourth-order valence-corrected chi connectivity index (χ4v) is 3.54. The fraction of sp³-hybridized carbons (Fsp3) is 0.583. The van der Waals surface area contributed by atoms with E-state index < -0.39 is 0 Å². The summed E-state index contributed by atoms with van der Waals surface area (Å²) in [5.74, 6) is 0.779. The summed E-state index contributed by atoms with van der Waals surface area (Å²) < 4.78 is 0.678. The third-order valence-corrected chi connectivity index (χ3v) is 5.38. The smallest absolute Gasteiger partial charge is 0.185 e. The van der Waals surface area contributed by atoms with E-state index in [0.29, 0.717) is 15.5 Å². The second-order valence-corrected chi connectivity index (χ2v) is 7.63. The molecule has 0 radical (unpaired) electrons. The predicted molar refractivity (Wildman–Crippen MR) is 75.0 cm³/mol. The lowest BCUT2D eigenvalue weighted by Gasteiger charge is -2.18. The van der Waals surface area contributed by atoms with E-state index in [1.807, 2.05) is 13.0 Å². The third kappa shape index (κ3) is 3.79. The molecule has 1 rings (SSSR count). The Morgan fingerprint density at radius 2 is 1.94 bits per heavy atom. The van der Waals surface area contributed by atoms with Gasteiger partial charge in [0.15, 0.2) is 5.78 Å². The molecule has 0 saturated heterocycles. The van der Waals surface area contributed by atoms with Crippen LogP contribution >= 0.6 is 34.7 Å². The van der Waals surface area contributed by atoms with E-state index in [9.17, 15) is 4.79 Å². The maximum absolute atomic E-state index is 12.0. The van der Waals surface area contributed by atoms with Crippen LogP contribution in [0.2, 0.25) is 4.34 Å². The van der Waals surface area contributed by atoms with Crippen molar-refractivity contribution in [2.24, 2.45) is 5.92 Å². The predicted octanol–water partition coefficient (Wildman–Crippen LogP) is 4.75. The molecule has 0 aliphatic carbocycles. The van der Waals surface area contributed by atoms with E-state index in [4.69, 9.17) is 11.6 Å². The molecule has 16 heavy (non-hydrogen) atoms. The first-order valence-corrected chi connectivity index (χ1v) is 7.50. The maximum atomic E-state index is 12.0. The second kappa shape index (κ2) is 6.08. The highest BCUT2D eigenvalue weighted by Gasteiger charge is 2.21. The number of thioether (sulfide) groups is 1. The van der Waals surface area contributed by atoms with E-state index in [1.165, 1.54) is 11.3 Å². The lowest BCUT2D eigenvalue weighted by atomic mass is 10.2. The van der Waals surface area contributed by atoms with Gasteiger partial charge in [-0.1, -0.05) is 32.4 Å². The molecule has 0 spiro atoms. The van der Waals surface area contributed by atoms with Gasteiger partial charge in [-0.05, 0) is 25.0 Å². The Labute approximate surface area is 111 Å². The van der Waals surface area contributed by atoms with Crippen LogP contribution < -0.4 is 0 Å². The van der Waals surface area contributed by atoms with Crippen molar-refractivity contribution in [3.8, 4) is 0 Å². The number of hydrogen-bond acceptors (Lipinski definition) is 3. The molecular formula is C12H17ClOS2. The highest BCUT2D eigenvalue weighted by molar-refractivity contribution is 8.01. The zero-order valence-electron chi connectivity index (χ0n) is 9.99. The summed E-state index contributed by atoms with van der Waals surface area (Å²) in [4.78, 5) is 12.8. The molecular weight excluding hydrogens is 260 g/mol. The Balaban J connectivity index is 2.61. The number of carbonyl (C=O) groups is 1. The summed E-state index contributed by atoms with van der Waals surface area (Å²) in [5, 5.41) is 0.501. The molecule has 0 saturated carbocycles. The van der Waals surface area contributed by atoms with Gasteiger partial charge >= 0.3 is 0 Å².